The number of para-hydroxylation sites is 1. The Hall–Kier alpha value is -3.75. The Morgan fingerprint density at radius 2 is 1.97 bits per heavy atom. The van der Waals surface area contributed by atoms with Gasteiger partial charge in [-0.05, 0) is 37.1 Å². The Labute approximate surface area is 171 Å². The molecule has 4 rings (SSSR count). The molecular formula is C21H21N5O4. The smallest absolute Gasteiger partial charge is 0.287 e. The molecule has 154 valence electrons. The van der Waals surface area contributed by atoms with Gasteiger partial charge in [-0.2, -0.15) is 4.98 Å². The molecule has 9 nitrogen and oxygen atoms in total. The maximum atomic E-state index is 12.8. The van der Waals surface area contributed by atoms with E-state index in [1.54, 1.807) is 37.3 Å². The summed E-state index contributed by atoms with van der Waals surface area (Å²) in [6.45, 7) is 5.73. The van der Waals surface area contributed by atoms with Gasteiger partial charge in [0.1, 0.15) is 11.9 Å². The number of rotatable bonds is 6. The van der Waals surface area contributed by atoms with Crippen LogP contribution in [-0.4, -0.2) is 25.6 Å². The van der Waals surface area contributed by atoms with Crippen molar-refractivity contribution in [2.24, 2.45) is 5.92 Å². The largest absolute Gasteiger partial charge is 0.459 e. The van der Waals surface area contributed by atoms with Gasteiger partial charge in [0.25, 0.3) is 11.5 Å². The number of amides is 1. The van der Waals surface area contributed by atoms with Crippen LogP contribution in [-0.2, 0) is 6.54 Å². The summed E-state index contributed by atoms with van der Waals surface area (Å²) in [5.74, 6) is 0.958. The number of furan rings is 1. The van der Waals surface area contributed by atoms with Gasteiger partial charge in [0.15, 0.2) is 11.6 Å². The van der Waals surface area contributed by atoms with Crippen LogP contribution in [0.3, 0.4) is 0 Å². The zero-order valence-electron chi connectivity index (χ0n) is 16.8. The van der Waals surface area contributed by atoms with E-state index in [0.29, 0.717) is 22.6 Å². The van der Waals surface area contributed by atoms with E-state index < -0.39 is 6.04 Å². The van der Waals surface area contributed by atoms with Gasteiger partial charge in [-0.15, -0.1) is 0 Å². The minimum absolute atomic E-state index is 0.0102. The van der Waals surface area contributed by atoms with E-state index in [1.165, 1.54) is 10.8 Å². The predicted octanol–water partition coefficient (Wildman–Crippen LogP) is 2.86. The molecule has 4 aromatic rings. The van der Waals surface area contributed by atoms with Crippen LogP contribution < -0.4 is 10.9 Å². The molecule has 0 bridgehead atoms. The molecule has 0 spiro atoms. The molecule has 0 saturated heterocycles. The van der Waals surface area contributed by atoms with E-state index in [4.69, 9.17) is 8.94 Å². The second-order valence-electron chi connectivity index (χ2n) is 7.29. The Morgan fingerprint density at radius 3 is 2.70 bits per heavy atom. The van der Waals surface area contributed by atoms with E-state index in [9.17, 15) is 9.59 Å². The summed E-state index contributed by atoms with van der Waals surface area (Å²) in [5, 5.41) is 7.37. The molecule has 3 heterocycles. The third kappa shape index (κ3) is 3.73. The molecule has 1 amide bonds. The summed E-state index contributed by atoms with van der Waals surface area (Å²) in [6.07, 6.45) is 1.43. The van der Waals surface area contributed by atoms with Crippen molar-refractivity contribution < 1.29 is 13.7 Å². The number of fused-ring (bicyclic) bond motifs is 1. The van der Waals surface area contributed by atoms with Gasteiger partial charge in [-0.1, -0.05) is 31.1 Å². The van der Waals surface area contributed by atoms with Gasteiger partial charge >= 0.3 is 0 Å². The van der Waals surface area contributed by atoms with Crippen molar-refractivity contribution >= 4 is 16.8 Å². The highest BCUT2D eigenvalue weighted by molar-refractivity contribution is 5.91. The van der Waals surface area contributed by atoms with Gasteiger partial charge < -0.3 is 14.3 Å². The highest BCUT2D eigenvalue weighted by atomic mass is 16.5. The number of hydrogen-bond donors (Lipinski definition) is 1. The van der Waals surface area contributed by atoms with Gasteiger partial charge in [-0.25, -0.2) is 4.98 Å². The fourth-order valence-corrected chi connectivity index (χ4v) is 3.20. The van der Waals surface area contributed by atoms with Gasteiger partial charge in [-0.3, -0.25) is 14.2 Å². The van der Waals surface area contributed by atoms with Gasteiger partial charge in [0.05, 0.1) is 23.7 Å². The molecule has 0 unspecified atom stereocenters. The number of aromatic nitrogens is 4. The molecule has 30 heavy (non-hydrogen) atoms. The van der Waals surface area contributed by atoms with Crippen molar-refractivity contribution in [2.45, 2.75) is 33.4 Å². The van der Waals surface area contributed by atoms with E-state index in [1.807, 2.05) is 19.9 Å². The summed E-state index contributed by atoms with van der Waals surface area (Å²) in [4.78, 5) is 34.1. The lowest BCUT2D eigenvalue weighted by molar-refractivity contribution is 0.0885. The number of hydrogen-bond acceptors (Lipinski definition) is 7. The van der Waals surface area contributed by atoms with Gasteiger partial charge in [0.2, 0.25) is 5.89 Å². The normalized spacial score (nSPS) is 12.4. The van der Waals surface area contributed by atoms with Crippen LogP contribution in [0.5, 0.6) is 0 Å². The first-order valence-electron chi connectivity index (χ1n) is 9.57. The molecular weight excluding hydrogens is 386 g/mol. The summed E-state index contributed by atoms with van der Waals surface area (Å²) >= 11 is 0. The summed E-state index contributed by atoms with van der Waals surface area (Å²) in [5.41, 5.74) is 0.474. The molecule has 9 heteroatoms. The predicted molar refractivity (Wildman–Crippen MR) is 108 cm³/mol. The summed E-state index contributed by atoms with van der Waals surface area (Å²) in [6, 6.07) is 9.89. The monoisotopic (exact) mass is 407 g/mol. The second-order valence-corrected chi connectivity index (χ2v) is 7.29. The number of benzene rings is 1. The van der Waals surface area contributed by atoms with Crippen LogP contribution >= 0.6 is 0 Å². The first-order valence-corrected chi connectivity index (χ1v) is 9.57. The highest BCUT2D eigenvalue weighted by Gasteiger charge is 2.26. The van der Waals surface area contributed by atoms with Crippen LogP contribution in [0.4, 0.5) is 0 Å². The Bertz CT molecular complexity index is 1240. The van der Waals surface area contributed by atoms with Crippen LogP contribution in [0, 0.1) is 12.8 Å². The van der Waals surface area contributed by atoms with E-state index in [-0.39, 0.29) is 35.6 Å². The highest BCUT2D eigenvalue weighted by Crippen LogP contribution is 2.21. The fourth-order valence-electron chi connectivity index (χ4n) is 3.20. The van der Waals surface area contributed by atoms with E-state index in [0.717, 1.165) is 0 Å². The zero-order valence-corrected chi connectivity index (χ0v) is 16.8. The first-order chi connectivity index (χ1) is 14.4. The van der Waals surface area contributed by atoms with Crippen LogP contribution in [0.25, 0.3) is 10.9 Å². The lowest BCUT2D eigenvalue weighted by Gasteiger charge is -2.17. The molecule has 0 radical (unpaired) electrons. The van der Waals surface area contributed by atoms with Gasteiger partial charge in [0, 0.05) is 0 Å². The quantitative estimate of drug-likeness (QED) is 0.522. The van der Waals surface area contributed by atoms with Crippen molar-refractivity contribution in [3.05, 3.63) is 76.3 Å². The van der Waals surface area contributed by atoms with Crippen molar-refractivity contribution in [1.29, 1.82) is 0 Å². The number of carbonyl (C=O) groups is 1. The minimum Gasteiger partial charge on any atom is -0.459 e. The molecule has 1 atom stereocenters. The average Bonchev–Trinajstić information content (AvgIpc) is 3.41. The Balaban J connectivity index is 1.60. The maximum Gasteiger partial charge on any atom is 0.287 e. The molecule has 0 saturated carbocycles. The molecule has 0 fully saturated rings. The lowest BCUT2D eigenvalue weighted by Crippen LogP contribution is -2.31. The molecule has 0 aliphatic rings. The van der Waals surface area contributed by atoms with Crippen molar-refractivity contribution in [3.63, 3.8) is 0 Å². The molecule has 0 aliphatic carbocycles. The SMILES string of the molecule is Cc1nc2ccccc2c(=O)n1Cc1noc([C@@H](NC(=O)c2ccco2)C(C)C)n1. The zero-order chi connectivity index (χ0) is 21.3. The number of nitrogens with zero attached hydrogens (tertiary/aromatic N) is 4. The van der Waals surface area contributed by atoms with Crippen molar-refractivity contribution in [2.75, 3.05) is 0 Å². The topological polar surface area (TPSA) is 116 Å². The third-order valence-electron chi connectivity index (χ3n) is 4.80. The number of nitrogens with one attached hydrogen (secondary N) is 1. The molecule has 0 aliphatic heterocycles. The number of aryl methyl sites for hydroxylation is 1. The fraction of sp³-hybridized carbons (Fsp3) is 0.286. The molecule has 1 N–H and O–H groups in total. The second kappa shape index (κ2) is 7.94. The van der Waals surface area contributed by atoms with Crippen molar-refractivity contribution in [3.8, 4) is 0 Å². The summed E-state index contributed by atoms with van der Waals surface area (Å²) < 4.78 is 12.0. The maximum absolute atomic E-state index is 12.8. The Kier molecular flexibility index (Phi) is 5.18. The average molecular weight is 407 g/mol. The lowest BCUT2D eigenvalue weighted by atomic mass is 10.0. The van der Waals surface area contributed by atoms with Crippen LogP contribution in [0.15, 0.2) is 56.4 Å². The van der Waals surface area contributed by atoms with Crippen LogP contribution in [0.2, 0.25) is 0 Å². The third-order valence-corrected chi connectivity index (χ3v) is 4.80. The molecule has 3 aromatic heterocycles. The Morgan fingerprint density at radius 1 is 1.17 bits per heavy atom. The first kappa shape index (κ1) is 19.6. The van der Waals surface area contributed by atoms with E-state index >= 15 is 0 Å². The molecule has 1 aromatic carbocycles. The van der Waals surface area contributed by atoms with Crippen LogP contribution in [0.1, 0.15) is 48.0 Å². The van der Waals surface area contributed by atoms with E-state index in [2.05, 4.69) is 20.4 Å². The summed E-state index contributed by atoms with van der Waals surface area (Å²) in [7, 11) is 0. The minimum atomic E-state index is -0.503. The van der Waals surface area contributed by atoms with Crippen molar-refractivity contribution in [1.82, 2.24) is 25.0 Å². The standard InChI is InChI=1S/C21H21N5O4/c1-12(2)18(24-19(27)16-9-6-10-29-16)20-23-17(25-30-20)11-26-13(3)22-15-8-5-4-7-14(15)21(26)28/h4-10,12,18H,11H2,1-3H3,(H,24,27)/t18-/m0/s1. The number of carbonyl (C=O) groups excluding carboxylic acids is 1.